The van der Waals surface area contributed by atoms with E-state index in [-0.39, 0.29) is 11.8 Å². The minimum atomic E-state index is -0.237. The molecule has 1 unspecified atom stereocenters. The molecule has 33 heavy (non-hydrogen) atoms. The SMILES string of the molecule is C=CN=C1C(C2CCCN(C=O)C2)=CC=C(c2ccc(C(=O)NC(C=C)=NC)cc2)/C1=C/C. The smallest absolute Gasteiger partial charge is 0.256 e. The lowest BCUT2D eigenvalue weighted by Gasteiger charge is -2.33. The second-order valence-electron chi connectivity index (χ2n) is 7.85. The van der Waals surface area contributed by atoms with Gasteiger partial charge >= 0.3 is 0 Å². The lowest BCUT2D eigenvalue weighted by atomic mass is 9.79. The van der Waals surface area contributed by atoms with Gasteiger partial charge in [-0.2, -0.15) is 0 Å². The fraction of sp³-hybridized carbons (Fsp3) is 0.259. The number of amides is 2. The van der Waals surface area contributed by atoms with Crippen molar-refractivity contribution in [3.8, 4) is 0 Å². The fourth-order valence-electron chi connectivity index (χ4n) is 4.28. The van der Waals surface area contributed by atoms with E-state index in [4.69, 9.17) is 0 Å². The fourth-order valence-corrected chi connectivity index (χ4v) is 4.28. The summed E-state index contributed by atoms with van der Waals surface area (Å²) in [7, 11) is 1.60. The van der Waals surface area contributed by atoms with Gasteiger partial charge < -0.3 is 10.2 Å². The Kier molecular flexibility index (Phi) is 8.08. The number of hydrogen-bond acceptors (Lipinski definition) is 4. The van der Waals surface area contributed by atoms with E-state index in [1.54, 1.807) is 25.4 Å². The molecule has 1 aromatic carbocycles. The maximum atomic E-state index is 12.5. The van der Waals surface area contributed by atoms with Crippen LogP contribution in [0.2, 0.25) is 0 Å². The van der Waals surface area contributed by atoms with E-state index in [0.29, 0.717) is 17.9 Å². The van der Waals surface area contributed by atoms with Crippen molar-refractivity contribution in [1.82, 2.24) is 10.2 Å². The summed E-state index contributed by atoms with van der Waals surface area (Å²) in [6.45, 7) is 10.9. The summed E-state index contributed by atoms with van der Waals surface area (Å²) in [5.41, 5.74) is 5.58. The average molecular weight is 443 g/mol. The molecule has 0 saturated carbocycles. The van der Waals surface area contributed by atoms with Crippen LogP contribution in [0.3, 0.4) is 0 Å². The van der Waals surface area contributed by atoms with E-state index in [0.717, 1.165) is 53.8 Å². The van der Waals surface area contributed by atoms with E-state index >= 15 is 0 Å². The molecular formula is C27H30N4O2. The van der Waals surface area contributed by atoms with Crippen LogP contribution < -0.4 is 5.32 Å². The van der Waals surface area contributed by atoms with Gasteiger partial charge in [0, 0.05) is 43.4 Å². The van der Waals surface area contributed by atoms with Crippen molar-refractivity contribution in [2.24, 2.45) is 15.9 Å². The van der Waals surface area contributed by atoms with E-state index < -0.39 is 0 Å². The van der Waals surface area contributed by atoms with Gasteiger partial charge in [0.1, 0.15) is 5.84 Å². The molecule has 1 saturated heterocycles. The molecule has 2 aliphatic rings. The second kappa shape index (κ2) is 11.2. The lowest BCUT2D eigenvalue weighted by Crippen LogP contribution is -2.37. The highest BCUT2D eigenvalue weighted by Gasteiger charge is 2.29. The number of aliphatic imine (C=N–C) groups is 2. The van der Waals surface area contributed by atoms with Crippen molar-refractivity contribution < 1.29 is 9.59 Å². The average Bonchev–Trinajstić information content (AvgIpc) is 2.87. The third kappa shape index (κ3) is 5.34. The molecular weight excluding hydrogens is 412 g/mol. The second-order valence-corrected chi connectivity index (χ2v) is 7.85. The van der Waals surface area contributed by atoms with Gasteiger partial charge in [-0.15, -0.1) is 0 Å². The highest BCUT2D eigenvalue weighted by Crippen LogP contribution is 2.36. The Labute approximate surface area is 195 Å². The van der Waals surface area contributed by atoms with Gasteiger partial charge in [0.05, 0.1) is 5.71 Å². The number of carbonyl (C=O) groups is 2. The molecule has 6 nitrogen and oxygen atoms in total. The van der Waals surface area contributed by atoms with Gasteiger partial charge in [0.25, 0.3) is 5.91 Å². The lowest BCUT2D eigenvalue weighted by molar-refractivity contribution is -0.119. The molecule has 1 atom stereocenters. The first-order chi connectivity index (χ1) is 16.1. The van der Waals surface area contributed by atoms with Crippen molar-refractivity contribution >= 4 is 29.4 Å². The molecule has 1 heterocycles. The molecule has 1 aliphatic carbocycles. The number of hydrogen-bond donors (Lipinski definition) is 1. The number of nitrogens with zero attached hydrogens (tertiary/aromatic N) is 3. The van der Waals surface area contributed by atoms with Crippen LogP contribution in [-0.2, 0) is 4.79 Å². The van der Waals surface area contributed by atoms with Gasteiger partial charge in [-0.3, -0.25) is 19.6 Å². The van der Waals surface area contributed by atoms with Crippen LogP contribution in [-0.4, -0.2) is 48.9 Å². The van der Waals surface area contributed by atoms with Gasteiger partial charge in [-0.05, 0) is 54.7 Å². The first-order valence-corrected chi connectivity index (χ1v) is 11.0. The predicted molar refractivity (Wildman–Crippen MR) is 135 cm³/mol. The van der Waals surface area contributed by atoms with Crippen LogP contribution in [0.5, 0.6) is 0 Å². The predicted octanol–water partition coefficient (Wildman–Crippen LogP) is 4.35. The Morgan fingerprint density at radius 2 is 1.97 bits per heavy atom. The minimum Gasteiger partial charge on any atom is -0.345 e. The van der Waals surface area contributed by atoms with Crippen LogP contribution >= 0.6 is 0 Å². The number of amidine groups is 1. The Hall–Kier alpha value is -3.80. The summed E-state index contributed by atoms with van der Waals surface area (Å²) >= 11 is 0. The normalized spacial score (nSPS) is 21.3. The zero-order valence-electron chi connectivity index (χ0n) is 19.3. The van der Waals surface area contributed by atoms with Crippen molar-refractivity contribution in [1.29, 1.82) is 0 Å². The Morgan fingerprint density at radius 1 is 1.21 bits per heavy atom. The van der Waals surface area contributed by atoms with Gasteiger partial charge in [-0.1, -0.05) is 43.5 Å². The highest BCUT2D eigenvalue weighted by molar-refractivity contribution is 6.24. The van der Waals surface area contributed by atoms with Crippen LogP contribution in [0.4, 0.5) is 0 Å². The molecule has 0 radical (unpaired) electrons. The summed E-state index contributed by atoms with van der Waals surface area (Å²) < 4.78 is 0. The minimum absolute atomic E-state index is 0.237. The quantitative estimate of drug-likeness (QED) is 0.404. The maximum absolute atomic E-state index is 12.5. The summed E-state index contributed by atoms with van der Waals surface area (Å²) in [6.07, 6.45) is 12.3. The van der Waals surface area contributed by atoms with Crippen molar-refractivity contribution in [2.75, 3.05) is 20.1 Å². The monoisotopic (exact) mass is 442 g/mol. The molecule has 0 bridgehead atoms. The number of benzene rings is 1. The molecule has 170 valence electrons. The third-order valence-corrected chi connectivity index (χ3v) is 5.93. The number of nitrogens with one attached hydrogen (secondary N) is 1. The number of rotatable bonds is 6. The van der Waals surface area contributed by atoms with Crippen molar-refractivity contribution in [3.63, 3.8) is 0 Å². The molecule has 1 N–H and O–H groups in total. The largest absolute Gasteiger partial charge is 0.345 e. The Balaban J connectivity index is 1.93. The Morgan fingerprint density at radius 3 is 2.58 bits per heavy atom. The standard InChI is InChI=1S/C27H30N4O2/c1-5-22-23(19-10-12-20(13-11-19)27(33)30-25(6-2)28-4)14-15-24(26(22)29-7-3)21-9-8-16-31(17-21)18-32/h5-7,10-15,18,21H,2-3,8-9,16-17H2,1,4H3,(H,28,30,33)/b22-5-,29-26?. The number of piperidine rings is 1. The maximum Gasteiger partial charge on any atom is 0.256 e. The Bertz CT molecular complexity index is 1090. The molecule has 2 amide bonds. The van der Waals surface area contributed by atoms with E-state index in [1.807, 2.05) is 24.0 Å². The summed E-state index contributed by atoms with van der Waals surface area (Å²) in [5.74, 6) is 0.425. The van der Waals surface area contributed by atoms with E-state index in [9.17, 15) is 9.59 Å². The third-order valence-electron chi connectivity index (χ3n) is 5.93. The van der Waals surface area contributed by atoms with Crippen LogP contribution in [0.1, 0.15) is 35.7 Å². The summed E-state index contributed by atoms with van der Waals surface area (Å²) in [5, 5.41) is 2.72. The highest BCUT2D eigenvalue weighted by atomic mass is 16.1. The number of likely N-dealkylation sites (tertiary alicyclic amines) is 1. The van der Waals surface area contributed by atoms with Crippen LogP contribution in [0.15, 0.2) is 89.1 Å². The first kappa shape index (κ1) is 23.9. The molecule has 0 aromatic heterocycles. The molecule has 1 fully saturated rings. The molecule has 1 aromatic rings. The van der Waals surface area contributed by atoms with Crippen molar-refractivity contribution in [3.05, 3.63) is 90.2 Å². The van der Waals surface area contributed by atoms with Gasteiger partial charge in [0.15, 0.2) is 0 Å². The van der Waals surface area contributed by atoms with Gasteiger partial charge in [-0.25, -0.2) is 0 Å². The molecule has 3 rings (SSSR count). The zero-order valence-corrected chi connectivity index (χ0v) is 19.3. The van der Waals surface area contributed by atoms with Crippen LogP contribution in [0.25, 0.3) is 5.57 Å². The topological polar surface area (TPSA) is 74.1 Å². The number of carbonyl (C=O) groups excluding carboxylic acids is 2. The molecule has 1 aliphatic heterocycles. The summed E-state index contributed by atoms with van der Waals surface area (Å²) in [4.78, 5) is 34.2. The summed E-state index contributed by atoms with van der Waals surface area (Å²) in [6, 6.07) is 7.45. The van der Waals surface area contributed by atoms with Gasteiger partial charge in [0.2, 0.25) is 6.41 Å². The van der Waals surface area contributed by atoms with Crippen molar-refractivity contribution in [2.45, 2.75) is 19.8 Å². The molecule has 0 spiro atoms. The van der Waals surface area contributed by atoms with E-state index in [1.165, 1.54) is 6.08 Å². The van der Waals surface area contributed by atoms with E-state index in [2.05, 4.69) is 46.7 Å². The first-order valence-electron chi connectivity index (χ1n) is 11.0. The number of allylic oxidation sites excluding steroid dienone is 5. The zero-order chi connectivity index (χ0) is 23.8. The van der Waals surface area contributed by atoms with Crippen LogP contribution in [0, 0.1) is 5.92 Å². The molecule has 6 heteroatoms.